The second-order valence-electron chi connectivity index (χ2n) is 8.31. The highest BCUT2D eigenvalue weighted by atomic mass is 16.5. The molecule has 0 saturated carbocycles. The van der Waals surface area contributed by atoms with E-state index >= 15 is 0 Å². The van der Waals surface area contributed by atoms with Crippen LogP contribution in [0.4, 0.5) is 0 Å². The van der Waals surface area contributed by atoms with Crippen molar-refractivity contribution in [3.8, 4) is 23.6 Å². The van der Waals surface area contributed by atoms with Crippen LogP contribution in [-0.2, 0) is 0 Å². The van der Waals surface area contributed by atoms with Crippen LogP contribution in [-0.4, -0.2) is 84.2 Å². The average molecular weight is 451 g/mol. The molecule has 2 aromatic rings. The molecular weight excluding hydrogens is 420 g/mol. The molecule has 0 unspecified atom stereocenters. The zero-order valence-corrected chi connectivity index (χ0v) is 18.8. The van der Waals surface area contributed by atoms with E-state index in [1.54, 1.807) is 48.5 Å². The van der Waals surface area contributed by atoms with Crippen LogP contribution in [0.25, 0.3) is 0 Å². The fourth-order valence-electron chi connectivity index (χ4n) is 3.82. The van der Waals surface area contributed by atoms with E-state index in [4.69, 9.17) is 20.0 Å². The Bertz CT molecular complexity index is 952. The van der Waals surface area contributed by atoms with Crippen LogP contribution >= 0.6 is 0 Å². The van der Waals surface area contributed by atoms with Gasteiger partial charge in [-0.1, -0.05) is 0 Å². The number of aliphatic hydroxyl groups is 2. The number of aliphatic hydroxyl groups excluding tert-OH is 2. The summed E-state index contributed by atoms with van der Waals surface area (Å²) in [6.07, 6.45) is -1.24. The van der Waals surface area contributed by atoms with Gasteiger partial charge in [-0.2, -0.15) is 10.5 Å². The zero-order valence-electron chi connectivity index (χ0n) is 18.8. The third-order valence-corrected chi connectivity index (χ3v) is 5.62. The molecule has 2 N–H and O–H groups in total. The Morgan fingerprint density at radius 1 is 0.848 bits per heavy atom. The molecule has 0 spiro atoms. The zero-order chi connectivity index (χ0) is 23.6. The highest BCUT2D eigenvalue weighted by Crippen LogP contribution is 2.15. The topological polar surface area (TPSA) is 113 Å². The summed E-state index contributed by atoms with van der Waals surface area (Å²) in [4.78, 5) is 4.43. The fraction of sp³-hybridized carbons (Fsp3) is 0.440. The number of benzene rings is 2. The number of nitriles is 2. The molecule has 1 aliphatic heterocycles. The first-order valence-electron chi connectivity index (χ1n) is 11.0. The number of nitrogens with zero attached hydrogens (tertiary/aromatic N) is 4. The van der Waals surface area contributed by atoms with Gasteiger partial charge in [-0.05, 0) is 55.5 Å². The van der Waals surface area contributed by atoms with Crippen LogP contribution in [0.3, 0.4) is 0 Å². The van der Waals surface area contributed by atoms with E-state index in [9.17, 15) is 10.2 Å². The van der Waals surface area contributed by atoms with Crippen molar-refractivity contribution in [3.63, 3.8) is 0 Å². The first kappa shape index (κ1) is 24.5. The Morgan fingerprint density at radius 3 is 1.79 bits per heavy atom. The van der Waals surface area contributed by atoms with Gasteiger partial charge in [-0.15, -0.1) is 0 Å². The normalized spacial score (nSPS) is 18.6. The summed E-state index contributed by atoms with van der Waals surface area (Å²) >= 11 is 0. The molecule has 0 amide bonds. The van der Waals surface area contributed by atoms with Crippen LogP contribution in [0.2, 0.25) is 0 Å². The third kappa shape index (κ3) is 7.74. The van der Waals surface area contributed by atoms with Gasteiger partial charge >= 0.3 is 0 Å². The minimum absolute atomic E-state index is 0.185. The molecule has 3 rings (SSSR count). The van der Waals surface area contributed by atoms with E-state index in [2.05, 4.69) is 28.9 Å². The van der Waals surface area contributed by atoms with Crippen LogP contribution in [0, 0.1) is 22.7 Å². The maximum absolute atomic E-state index is 10.4. The molecule has 8 nitrogen and oxygen atoms in total. The van der Waals surface area contributed by atoms with Crippen LogP contribution in [0.15, 0.2) is 48.5 Å². The second-order valence-corrected chi connectivity index (χ2v) is 8.31. The van der Waals surface area contributed by atoms with E-state index < -0.39 is 12.2 Å². The van der Waals surface area contributed by atoms with Crippen LogP contribution in [0.5, 0.6) is 11.5 Å². The number of rotatable bonds is 10. The van der Waals surface area contributed by atoms with Crippen molar-refractivity contribution in [1.82, 2.24) is 9.80 Å². The quantitative estimate of drug-likeness (QED) is 0.561. The molecule has 1 heterocycles. The first-order chi connectivity index (χ1) is 16.0. The lowest BCUT2D eigenvalue weighted by atomic mass is 10.1. The van der Waals surface area contributed by atoms with Crippen molar-refractivity contribution in [2.45, 2.75) is 25.2 Å². The predicted octanol–water partition coefficient (Wildman–Crippen LogP) is 1.62. The lowest BCUT2D eigenvalue weighted by molar-refractivity contribution is 0.00244. The lowest BCUT2D eigenvalue weighted by Gasteiger charge is -2.41. The number of hydrogen-bond donors (Lipinski definition) is 2. The van der Waals surface area contributed by atoms with Crippen molar-refractivity contribution in [2.75, 3.05) is 45.9 Å². The molecule has 1 saturated heterocycles. The monoisotopic (exact) mass is 450 g/mol. The Hall–Kier alpha value is -3.14. The third-order valence-electron chi connectivity index (χ3n) is 5.62. The van der Waals surface area contributed by atoms with Crippen molar-refractivity contribution in [1.29, 1.82) is 10.5 Å². The molecular formula is C25H30N4O4. The summed E-state index contributed by atoms with van der Waals surface area (Å²) in [5, 5.41) is 38.4. The summed E-state index contributed by atoms with van der Waals surface area (Å²) in [5.41, 5.74) is 1.14. The predicted molar refractivity (Wildman–Crippen MR) is 123 cm³/mol. The molecule has 2 aromatic carbocycles. The molecule has 1 aliphatic rings. The fourth-order valence-corrected chi connectivity index (χ4v) is 3.82. The lowest BCUT2D eigenvalue weighted by Crippen LogP contribution is -2.55. The van der Waals surface area contributed by atoms with Crippen molar-refractivity contribution < 1.29 is 19.7 Å². The smallest absolute Gasteiger partial charge is 0.119 e. The number of ether oxygens (including phenoxy) is 2. The van der Waals surface area contributed by atoms with Gasteiger partial charge in [-0.25, -0.2) is 0 Å². The van der Waals surface area contributed by atoms with Crippen molar-refractivity contribution in [3.05, 3.63) is 59.7 Å². The molecule has 0 aliphatic carbocycles. The van der Waals surface area contributed by atoms with E-state index in [0.29, 0.717) is 35.7 Å². The summed E-state index contributed by atoms with van der Waals surface area (Å²) < 4.78 is 11.3. The van der Waals surface area contributed by atoms with E-state index in [0.717, 1.165) is 19.6 Å². The highest BCUT2D eigenvalue weighted by Gasteiger charge is 2.26. The van der Waals surface area contributed by atoms with Gasteiger partial charge in [0.25, 0.3) is 0 Å². The molecule has 3 atom stereocenters. The van der Waals surface area contributed by atoms with Crippen LogP contribution in [0.1, 0.15) is 18.1 Å². The van der Waals surface area contributed by atoms with Crippen molar-refractivity contribution >= 4 is 0 Å². The number of β-amino-alcohol motifs (C(OH)–C–C–N with tert-alkyl or cyclic N) is 2. The Morgan fingerprint density at radius 2 is 1.33 bits per heavy atom. The van der Waals surface area contributed by atoms with Gasteiger partial charge in [0, 0.05) is 38.8 Å². The summed E-state index contributed by atoms with van der Waals surface area (Å²) in [6.45, 7) is 5.88. The maximum atomic E-state index is 10.4. The van der Waals surface area contributed by atoms with Crippen LogP contribution < -0.4 is 9.47 Å². The molecule has 174 valence electrons. The molecule has 33 heavy (non-hydrogen) atoms. The van der Waals surface area contributed by atoms with Gasteiger partial charge in [0.2, 0.25) is 0 Å². The minimum Gasteiger partial charge on any atom is -0.491 e. The average Bonchev–Trinajstić information content (AvgIpc) is 2.84. The summed E-state index contributed by atoms with van der Waals surface area (Å²) in [7, 11) is 0. The number of piperazine rings is 1. The van der Waals surface area contributed by atoms with E-state index in [1.807, 2.05) is 0 Å². The van der Waals surface area contributed by atoms with E-state index in [-0.39, 0.29) is 19.3 Å². The molecule has 1 fully saturated rings. The SMILES string of the molecule is C[C@@H]1CN(C[C@H](O)COc2ccc(C#N)cc2)CCN1C[C@H](O)COc1ccc(C#N)cc1. The minimum atomic E-state index is -0.624. The summed E-state index contributed by atoms with van der Waals surface area (Å²) in [5.74, 6) is 1.26. The second kappa shape index (κ2) is 12.2. The standard InChI is InChI=1S/C25H30N4O4/c1-19-14-28(15-22(30)17-32-24-6-2-20(12-26)3-7-24)10-11-29(19)16-23(31)18-33-25-8-4-21(13-27)5-9-25/h2-9,19,22-23,30-31H,10-11,14-18H2,1H3/t19-,22+,23+/m1/s1. The van der Waals surface area contributed by atoms with Gasteiger partial charge in [0.1, 0.15) is 36.9 Å². The van der Waals surface area contributed by atoms with Gasteiger partial charge in [-0.3, -0.25) is 9.80 Å². The molecule has 8 heteroatoms. The molecule has 0 aromatic heterocycles. The Labute approximate surface area is 194 Å². The Kier molecular flexibility index (Phi) is 9.05. The summed E-state index contributed by atoms with van der Waals surface area (Å²) in [6, 6.07) is 18.0. The molecule has 0 bridgehead atoms. The van der Waals surface area contributed by atoms with E-state index in [1.165, 1.54) is 0 Å². The van der Waals surface area contributed by atoms with Gasteiger partial charge < -0.3 is 19.7 Å². The van der Waals surface area contributed by atoms with Gasteiger partial charge in [0.05, 0.1) is 23.3 Å². The van der Waals surface area contributed by atoms with Gasteiger partial charge in [0.15, 0.2) is 0 Å². The largest absolute Gasteiger partial charge is 0.491 e. The first-order valence-corrected chi connectivity index (χ1v) is 11.0. The highest BCUT2D eigenvalue weighted by molar-refractivity contribution is 5.35. The molecule has 0 radical (unpaired) electrons. The Balaban J connectivity index is 1.35. The van der Waals surface area contributed by atoms with Crippen molar-refractivity contribution in [2.24, 2.45) is 0 Å². The number of hydrogen-bond acceptors (Lipinski definition) is 8. The maximum Gasteiger partial charge on any atom is 0.119 e.